The lowest BCUT2D eigenvalue weighted by Gasteiger charge is -2.21. The molecular formula is C21H23N3O7. The number of carbonyl (C=O) groups is 2. The third kappa shape index (κ3) is 5.03. The lowest BCUT2D eigenvalue weighted by Crippen LogP contribution is -2.41. The maximum Gasteiger partial charge on any atom is 0.276 e. The normalized spacial score (nSPS) is 13.0. The maximum absolute atomic E-state index is 12.5. The van der Waals surface area contributed by atoms with E-state index in [9.17, 15) is 19.7 Å². The van der Waals surface area contributed by atoms with Gasteiger partial charge in [0, 0.05) is 12.1 Å². The van der Waals surface area contributed by atoms with E-state index in [2.05, 4.69) is 5.32 Å². The van der Waals surface area contributed by atoms with Crippen molar-refractivity contribution in [3.05, 3.63) is 52.1 Å². The minimum atomic E-state index is -0.508. The lowest BCUT2D eigenvalue weighted by molar-refractivity contribution is -0.385. The molecule has 10 heteroatoms. The van der Waals surface area contributed by atoms with Crippen LogP contribution in [0.25, 0.3) is 0 Å². The number of fused-ring (bicyclic) bond motifs is 1. The Morgan fingerprint density at radius 2 is 1.94 bits per heavy atom. The minimum Gasteiger partial charge on any atom is -0.493 e. The predicted molar refractivity (Wildman–Crippen MR) is 112 cm³/mol. The van der Waals surface area contributed by atoms with Crippen LogP contribution in [0.3, 0.4) is 0 Å². The largest absolute Gasteiger partial charge is 0.493 e. The number of hydrogen-bond acceptors (Lipinski definition) is 7. The molecule has 1 N–H and O–H groups in total. The van der Waals surface area contributed by atoms with E-state index in [0.717, 1.165) is 0 Å². The number of nitro groups is 1. The summed E-state index contributed by atoms with van der Waals surface area (Å²) in [5.74, 6) is 0.564. The van der Waals surface area contributed by atoms with Crippen LogP contribution in [0, 0.1) is 10.1 Å². The van der Waals surface area contributed by atoms with Crippen molar-refractivity contribution in [2.75, 3.05) is 38.8 Å². The minimum absolute atomic E-state index is 0.124. The zero-order chi connectivity index (χ0) is 22.4. The summed E-state index contributed by atoms with van der Waals surface area (Å²) in [6.07, 6.45) is 0.371. The van der Waals surface area contributed by atoms with Gasteiger partial charge in [0.25, 0.3) is 5.69 Å². The van der Waals surface area contributed by atoms with Crippen LogP contribution in [0.5, 0.6) is 17.2 Å². The van der Waals surface area contributed by atoms with E-state index in [-0.39, 0.29) is 55.8 Å². The van der Waals surface area contributed by atoms with E-state index in [1.165, 1.54) is 31.3 Å². The molecule has 2 aromatic rings. The number of carbonyl (C=O) groups excluding carboxylic acids is 2. The fraction of sp³-hybridized carbons (Fsp3) is 0.333. The molecule has 0 saturated heterocycles. The van der Waals surface area contributed by atoms with Gasteiger partial charge in [-0.3, -0.25) is 24.6 Å². The van der Waals surface area contributed by atoms with Gasteiger partial charge in [0.1, 0.15) is 12.3 Å². The van der Waals surface area contributed by atoms with Crippen LogP contribution in [-0.2, 0) is 16.0 Å². The third-order valence-electron chi connectivity index (χ3n) is 4.83. The number of anilines is 1. The van der Waals surface area contributed by atoms with Crippen molar-refractivity contribution in [2.24, 2.45) is 0 Å². The molecule has 0 spiro atoms. The number of nitrogens with one attached hydrogen (secondary N) is 1. The molecule has 1 aliphatic rings. The number of methoxy groups -OCH3 is 2. The fourth-order valence-corrected chi connectivity index (χ4v) is 3.31. The van der Waals surface area contributed by atoms with E-state index in [0.29, 0.717) is 22.7 Å². The summed E-state index contributed by atoms with van der Waals surface area (Å²) >= 11 is 0. The average molecular weight is 429 g/mol. The molecule has 3 rings (SSSR count). The van der Waals surface area contributed by atoms with Gasteiger partial charge in [-0.15, -0.1) is 0 Å². The van der Waals surface area contributed by atoms with Crippen LogP contribution in [0.15, 0.2) is 36.4 Å². The van der Waals surface area contributed by atoms with Gasteiger partial charge in [0.2, 0.25) is 11.8 Å². The Balaban J connectivity index is 1.67. The Kier molecular flexibility index (Phi) is 6.91. The standard InChI is InChI=1S/C21H23N3O7/c1-29-18-11-14(16(24(27)28)12-19(18)30-2)7-9-22-20(25)13-23-15-5-3-4-6-17(15)31-10-8-21(23)26/h3-6,11-12H,7-10,13H2,1-2H3,(H,22,25). The van der Waals surface area contributed by atoms with Crippen LogP contribution < -0.4 is 24.4 Å². The van der Waals surface area contributed by atoms with E-state index in [1.54, 1.807) is 24.3 Å². The zero-order valence-electron chi connectivity index (χ0n) is 17.3. The number of rotatable bonds is 8. The second-order valence-electron chi connectivity index (χ2n) is 6.74. The molecule has 0 aliphatic carbocycles. The van der Waals surface area contributed by atoms with Crippen LogP contribution in [0.4, 0.5) is 11.4 Å². The summed E-state index contributed by atoms with van der Waals surface area (Å²) in [4.78, 5) is 37.2. The molecule has 0 fully saturated rings. The summed E-state index contributed by atoms with van der Waals surface area (Å²) in [5, 5.41) is 14.1. The van der Waals surface area contributed by atoms with Crippen LogP contribution in [-0.4, -0.2) is 50.7 Å². The summed E-state index contributed by atoms with van der Waals surface area (Å²) in [5.41, 5.74) is 0.809. The molecule has 0 unspecified atom stereocenters. The number of para-hydroxylation sites is 2. The van der Waals surface area contributed by atoms with Crippen molar-refractivity contribution in [3.8, 4) is 17.2 Å². The monoisotopic (exact) mass is 429 g/mol. The Hall–Kier alpha value is -3.82. The molecule has 0 atom stereocenters. The van der Waals surface area contributed by atoms with E-state index >= 15 is 0 Å². The van der Waals surface area contributed by atoms with Crippen molar-refractivity contribution in [1.29, 1.82) is 0 Å². The third-order valence-corrected chi connectivity index (χ3v) is 4.83. The summed E-state index contributed by atoms with van der Waals surface area (Å²) in [7, 11) is 2.84. The first-order valence-electron chi connectivity index (χ1n) is 9.62. The number of nitro benzene ring substituents is 1. The lowest BCUT2D eigenvalue weighted by atomic mass is 10.1. The molecule has 1 heterocycles. The Morgan fingerprint density at radius 1 is 1.23 bits per heavy atom. The average Bonchev–Trinajstić information content (AvgIpc) is 2.92. The number of hydrogen-bond donors (Lipinski definition) is 1. The fourth-order valence-electron chi connectivity index (χ4n) is 3.31. The van der Waals surface area contributed by atoms with Gasteiger partial charge in [-0.2, -0.15) is 0 Å². The van der Waals surface area contributed by atoms with Crippen molar-refractivity contribution >= 4 is 23.2 Å². The van der Waals surface area contributed by atoms with Crippen LogP contribution in [0.2, 0.25) is 0 Å². The van der Waals surface area contributed by atoms with Crippen molar-refractivity contribution in [2.45, 2.75) is 12.8 Å². The van der Waals surface area contributed by atoms with Crippen molar-refractivity contribution < 1.29 is 28.7 Å². The molecule has 2 aromatic carbocycles. The highest BCUT2D eigenvalue weighted by atomic mass is 16.6. The maximum atomic E-state index is 12.5. The molecule has 0 saturated carbocycles. The topological polar surface area (TPSA) is 120 Å². The van der Waals surface area contributed by atoms with Crippen LogP contribution >= 0.6 is 0 Å². The first-order chi connectivity index (χ1) is 14.9. The molecule has 0 radical (unpaired) electrons. The SMILES string of the molecule is COc1cc(CCNC(=O)CN2C(=O)CCOc3ccccc32)c([N+](=O)[O-])cc1OC. The molecule has 1 aliphatic heterocycles. The van der Waals surface area contributed by atoms with Gasteiger partial charge in [0.05, 0.1) is 43.9 Å². The molecule has 0 aromatic heterocycles. The van der Waals surface area contributed by atoms with Gasteiger partial charge >= 0.3 is 0 Å². The summed E-state index contributed by atoms with van der Waals surface area (Å²) < 4.78 is 15.9. The number of ether oxygens (including phenoxy) is 3. The summed E-state index contributed by atoms with van der Waals surface area (Å²) in [6, 6.07) is 9.84. The Labute approximate surface area is 178 Å². The number of amides is 2. The van der Waals surface area contributed by atoms with Crippen LogP contribution in [0.1, 0.15) is 12.0 Å². The van der Waals surface area contributed by atoms with Gasteiger partial charge < -0.3 is 19.5 Å². The second kappa shape index (κ2) is 9.79. The first kappa shape index (κ1) is 21.9. The highest BCUT2D eigenvalue weighted by molar-refractivity contribution is 6.00. The second-order valence-corrected chi connectivity index (χ2v) is 6.74. The molecule has 0 bridgehead atoms. The molecule has 2 amide bonds. The highest BCUT2D eigenvalue weighted by Crippen LogP contribution is 2.34. The first-order valence-corrected chi connectivity index (χ1v) is 9.62. The predicted octanol–water partition coefficient (Wildman–Crippen LogP) is 2.09. The smallest absolute Gasteiger partial charge is 0.276 e. The van der Waals surface area contributed by atoms with E-state index in [1.807, 2.05) is 0 Å². The zero-order valence-corrected chi connectivity index (χ0v) is 17.3. The number of benzene rings is 2. The van der Waals surface area contributed by atoms with Gasteiger partial charge in [-0.1, -0.05) is 12.1 Å². The quantitative estimate of drug-likeness (QED) is 0.504. The van der Waals surface area contributed by atoms with Gasteiger partial charge in [0.15, 0.2) is 11.5 Å². The highest BCUT2D eigenvalue weighted by Gasteiger charge is 2.25. The number of nitrogens with zero attached hydrogens (tertiary/aromatic N) is 2. The molecular weight excluding hydrogens is 406 g/mol. The Morgan fingerprint density at radius 3 is 2.65 bits per heavy atom. The van der Waals surface area contributed by atoms with Crippen molar-refractivity contribution in [3.63, 3.8) is 0 Å². The van der Waals surface area contributed by atoms with Crippen molar-refractivity contribution in [1.82, 2.24) is 5.32 Å². The van der Waals surface area contributed by atoms with Gasteiger partial charge in [-0.25, -0.2) is 0 Å². The summed E-state index contributed by atoms with van der Waals surface area (Å²) in [6.45, 7) is 0.222. The Bertz CT molecular complexity index is 993. The van der Waals surface area contributed by atoms with Gasteiger partial charge in [-0.05, 0) is 24.6 Å². The van der Waals surface area contributed by atoms with E-state index in [4.69, 9.17) is 14.2 Å². The van der Waals surface area contributed by atoms with E-state index < -0.39 is 4.92 Å². The molecule has 31 heavy (non-hydrogen) atoms. The molecule has 10 nitrogen and oxygen atoms in total. The molecule has 164 valence electrons.